The summed E-state index contributed by atoms with van der Waals surface area (Å²) >= 11 is 0. The molecule has 0 spiro atoms. The number of nitrogens with zero attached hydrogens (tertiary/aromatic N) is 1. The number of benzene rings is 2. The molecule has 7 heteroatoms. The topological polar surface area (TPSA) is 83.6 Å². The predicted molar refractivity (Wildman–Crippen MR) is 106 cm³/mol. The Morgan fingerprint density at radius 1 is 1.11 bits per heavy atom. The van der Waals surface area contributed by atoms with E-state index in [4.69, 9.17) is 0 Å². The van der Waals surface area contributed by atoms with Gasteiger partial charge in [-0.1, -0.05) is 32.0 Å². The number of hydrogen-bond donors (Lipinski definition) is 1. The van der Waals surface area contributed by atoms with Crippen molar-refractivity contribution in [2.75, 3.05) is 15.4 Å². The van der Waals surface area contributed by atoms with Gasteiger partial charge >= 0.3 is 0 Å². The summed E-state index contributed by atoms with van der Waals surface area (Å²) in [7, 11) is -3.61. The van der Waals surface area contributed by atoms with E-state index in [-0.39, 0.29) is 29.7 Å². The maximum atomic E-state index is 12.7. The quantitative estimate of drug-likeness (QED) is 0.872. The number of carbonyl (C=O) groups excluding carboxylic acids is 2. The van der Waals surface area contributed by atoms with E-state index in [0.717, 1.165) is 21.1 Å². The van der Waals surface area contributed by atoms with Crippen LogP contribution in [0.4, 0.5) is 11.4 Å². The van der Waals surface area contributed by atoms with Gasteiger partial charge < -0.3 is 5.32 Å². The van der Waals surface area contributed by atoms with E-state index in [1.165, 1.54) is 24.3 Å². The SMILES string of the molecule is Cc1cccc(C(C)C)c1NC(=O)c1ccc(N2C(=O)CCS2(=O)=O)cc1. The normalized spacial score (nSPS) is 16.0. The van der Waals surface area contributed by atoms with Crippen LogP contribution < -0.4 is 9.62 Å². The average Bonchev–Trinajstić information content (AvgIpc) is 2.89. The molecule has 0 bridgehead atoms. The lowest BCUT2D eigenvalue weighted by Gasteiger charge is -2.17. The van der Waals surface area contributed by atoms with Crippen molar-refractivity contribution in [3.05, 3.63) is 59.2 Å². The van der Waals surface area contributed by atoms with Gasteiger partial charge in [-0.3, -0.25) is 9.59 Å². The number of nitrogens with one attached hydrogen (secondary N) is 1. The fraction of sp³-hybridized carbons (Fsp3) is 0.300. The Kier molecular flexibility index (Phi) is 5.06. The third-order valence-electron chi connectivity index (χ3n) is 4.61. The molecule has 1 aliphatic rings. The van der Waals surface area contributed by atoms with E-state index in [2.05, 4.69) is 19.2 Å². The van der Waals surface area contributed by atoms with Crippen molar-refractivity contribution >= 4 is 33.2 Å². The molecule has 27 heavy (non-hydrogen) atoms. The Bertz CT molecular complexity index is 995. The van der Waals surface area contributed by atoms with Gasteiger partial charge in [-0.05, 0) is 48.2 Å². The molecule has 1 fully saturated rings. The first-order chi connectivity index (χ1) is 12.7. The summed E-state index contributed by atoms with van der Waals surface area (Å²) in [5.74, 6) is -0.657. The smallest absolute Gasteiger partial charge is 0.255 e. The molecule has 0 aliphatic carbocycles. The molecular weight excluding hydrogens is 364 g/mol. The highest BCUT2D eigenvalue weighted by atomic mass is 32.2. The Morgan fingerprint density at radius 2 is 1.78 bits per heavy atom. The van der Waals surface area contributed by atoms with E-state index < -0.39 is 15.9 Å². The van der Waals surface area contributed by atoms with Crippen LogP contribution in [0.15, 0.2) is 42.5 Å². The lowest BCUT2D eigenvalue weighted by atomic mass is 9.98. The third-order valence-corrected chi connectivity index (χ3v) is 6.30. The summed E-state index contributed by atoms with van der Waals surface area (Å²) in [6, 6.07) is 11.9. The minimum absolute atomic E-state index is 0.0180. The highest BCUT2D eigenvalue weighted by molar-refractivity contribution is 7.94. The van der Waals surface area contributed by atoms with Crippen LogP contribution in [-0.4, -0.2) is 26.0 Å². The standard InChI is InChI=1S/C20H22N2O4S/c1-13(2)17-6-4-5-14(3)19(17)21-20(24)15-7-9-16(10-8-15)22-18(23)11-12-27(22,25)26/h4-10,13H,11-12H2,1-3H3,(H,21,24). The lowest BCUT2D eigenvalue weighted by molar-refractivity contribution is -0.116. The number of para-hydroxylation sites is 1. The van der Waals surface area contributed by atoms with Crippen LogP contribution in [0.2, 0.25) is 0 Å². The zero-order valence-corrected chi connectivity index (χ0v) is 16.3. The number of carbonyl (C=O) groups is 2. The van der Waals surface area contributed by atoms with Crippen molar-refractivity contribution in [1.82, 2.24) is 0 Å². The molecule has 1 heterocycles. The molecule has 0 radical (unpaired) electrons. The fourth-order valence-corrected chi connectivity index (χ4v) is 4.60. The predicted octanol–water partition coefficient (Wildman–Crippen LogP) is 3.44. The minimum Gasteiger partial charge on any atom is -0.321 e. The highest BCUT2D eigenvalue weighted by Gasteiger charge is 2.36. The van der Waals surface area contributed by atoms with Crippen molar-refractivity contribution in [3.8, 4) is 0 Å². The first-order valence-corrected chi connectivity index (χ1v) is 10.4. The third kappa shape index (κ3) is 3.73. The van der Waals surface area contributed by atoms with E-state index in [0.29, 0.717) is 5.56 Å². The van der Waals surface area contributed by atoms with Gasteiger partial charge in [0.15, 0.2) is 0 Å². The molecule has 0 atom stereocenters. The molecule has 6 nitrogen and oxygen atoms in total. The summed E-state index contributed by atoms with van der Waals surface area (Å²) < 4.78 is 24.8. The highest BCUT2D eigenvalue weighted by Crippen LogP contribution is 2.29. The summed E-state index contributed by atoms with van der Waals surface area (Å²) in [5.41, 5.74) is 3.46. The number of rotatable bonds is 4. The minimum atomic E-state index is -3.61. The summed E-state index contributed by atoms with van der Waals surface area (Å²) in [4.78, 5) is 24.5. The Morgan fingerprint density at radius 3 is 2.33 bits per heavy atom. The van der Waals surface area contributed by atoms with E-state index >= 15 is 0 Å². The largest absolute Gasteiger partial charge is 0.321 e. The van der Waals surface area contributed by atoms with Gasteiger partial charge in [-0.2, -0.15) is 0 Å². The molecule has 1 saturated heterocycles. The maximum Gasteiger partial charge on any atom is 0.255 e. The Hall–Kier alpha value is -2.67. The van der Waals surface area contributed by atoms with Crippen LogP contribution in [-0.2, 0) is 14.8 Å². The number of amides is 2. The van der Waals surface area contributed by atoms with Gasteiger partial charge in [0, 0.05) is 17.7 Å². The fourth-order valence-electron chi connectivity index (χ4n) is 3.15. The van der Waals surface area contributed by atoms with Crippen molar-refractivity contribution in [2.45, 2.75) is 33.1 Å². The van der Waals surface area contributed by atoms with Crippen molar-refractivity contribution in [2.24, 2.45) is 0 Å². The van der Waals surface area contributed by atoms with Gasteiger partial charge in [0.2, 0.25) is 15.9 Å². The summed E-state index contributed by atoms with van der Waals surface area (Å²) in [6.07, 6.45) is -0.0180. The molecule has 0 aromatic heterocycles. The van der Waals surface area contributed by atoms with E-state index in [1.807, 2.05) is 25.1 Å². The zero-order chi connectivity index (χ0) is 19.8. The molecule has 2 aromatic rings. The number of aryl methyl sites for hydroxylation is 1. The van der Waals surface area contributed by atoms with Gasteiger partial charge in [0.25, 0.3) is 5.91 Å². The van der Waals surface area contributed by atoms with Gasteiger partial charge in [0.05, 0.1) is 11.4 Å². The molecule has 3 rings (SSSR count). The van der Waals surface area contributed by atoms with Gasteiger partial charge in [-0.15, -0.1) is 0 Å². The van der Waals surface area contributed by atoms with E-state index in [1.54, 1.807) is 0 Å². The van der Waals surface area contributed by atoms with Crippen molar-refractivity contribution in [1.29, 1.82) is 0 Å². The van der Waals surface area contributed by atoms with Crippen molar-refractivity contribution in [3.63, 3.8) is 0 Å². The van der Waals surface area contributed by atoms with Gasteiger partial charge in [0.1, 0.15) is 0 Å². The van der Waals surface area contributed by atoms with Crippen LogP contribution in [0.3, 0.4) is 0 Å². The molecule has 1 N–H and O–H groups in total. The number of sulfonamides is 1. The monoisotopic (exact) mass is 386 g/mol. The second-order valence-electron chi connectivity index (χ2n) is 6.92. The Labute approximate surface area is 159 Å². The van der Waals surface area contributed by atoms with Crippen LogP contribution in [0.1, 0.15) is 47.7 Å². The molecule has 142 valence electrons. The van der Waals surface area contributed by atoms with E-state index in [9.17, 15) is 18.0 Å². The average molecular weight is 386 g/mol. The van der Waals surface area contributed by atoms with Crippen LogP contribution >= 0.6 is 0 Å². The molecule has 1 aliphatic heterocycles. The first-order valence-electron chi connectivity index (χ1n) is 8.77. The second kappa shape index (κ2) is 7.15. The molecule has 2 aromatic carbocycles. The van der Waals surface area contributed by atoms with Crippen LogP contribution in [0.5, 0.6) is 0 Å². The number of anilines is 2. The lowest BCUT2D eigenvalue weighted by Crippen LogP contribution is -2.29. The number of hydrogen-bond acceptors (Lipinski definition) is 4. The molecule has 2 amide bonds. The zero-order valence-electron chi connectivity index (χ0n) is 15.5. The van der Waals surface area contributed by atoms with Crippen LogP contribution in [0, 0.1) is 6.92 Å². The van der Waals surface area contributed by atoms with Gasteiger partial charge in [-0.25, -0.2) is 12.7 Å². The second-order valence-corrected chi connectivity index (χ2v) is 8.86. The van der Waals surface area contributed by atoms with Crippen LogP contribution in [0.25, 0.3) is 0 Å². The molecular formula is C20H22N2O4S. The summed E-state index contributed by atoms with van der Waals surface area (Å²) in [5, 5.41) is 2.95. The molecule has 0 saturated carbocycles. The first kappa shape index (κ1) is 19.1. The Balaban J connectivity index is 1.85. The summed E-state index contributed by atoms with van der Waals surface area (Å²) in [6.45, 7) is 6.06. The van der Waals surface area contributed by atoms with Crippen molar-refractivity contribution < 1.29 is 18.0 Å². The maximum absolute atomic E-state index is 12.7. The molecule has 0 unspecified atom stereocenters.